The van der Waals surface area contributed by atoms with Crippen LogP contribution in [-0.2, 0) is 6.54 Å². The topological polar surface area (TPSA) is 70.4 Å². The summed E-state index contributed by atoms with van der Waals surface area (Å²) in [6.45, 7) is 3.24. The van der Waals surface area contributed by atoms with Crippen molar-refractivity contribution in [2.75, 3.05) is 26.0 Å². The largest absolute Gasteiger partial charge is 0.383 e. The molecule has 2 amide bonds. The van der Waals surface area contributed by atoms with Gasteiger partial charge in [-0.1, -0.05) is 12.1 Å². The fourth-order valence-corrected chi connectivity index (χ4v) is 1.36. The van der Waals surface area contributed by atoms with E-state index < -0.39 is 0 Å². The van der Waals surface area contributed by atoms with E-state index in [-0.39, 0.29) is 12.1 Å². The molecule has 0 saturated heterocycles. The first-order chi connectivity index (χ1) is 8.49. The molecule has 0 fully saturated rings. The van der Waals surface area contributed by atoms with Crippen molar-refractivity contribution in [1.29, 1.82) is 0 Å². The summed E-state index contributed by atoms with van der Waals surface area (Å²) >= 11 is 0. The van der Waals surface area contributed by atoms with Gasteiger partial charge in [-0.15, -0.1) is 0 Å². The van der Waals surface area contributed by atoms with Crippen LogP contribution in [0, 0.1) is 0 Å². The number of nitrogens with zero attached hydrogens (tertiary/aromatic N) is 1. The molecule has 1 aromatic carbocycles. The van der Waals surface area contributed by atoms with Crippen molar-refractivity contribution in [1.82, 2.24) is 10.2 Å². The predicted octanol–water partition coefficient (Wildman–Crippen LogP) is 1.22. The molecule has 0 heterocycles. The number of carbonyl (C=O) groups excluding carboxylic acids is 1. The van der Waals surface area contributed by atoms with Crippen LogP contribution in [0.3, 0.4) is 0 Å². The fourth-order valence-electron chi connectivity index (χ4n) is 1.36. The Morgan fingerprint density at radius 3 is 2.44 bits per heavy atom. The molecule has 18 heavy (non-hydrogen) atoms. The van der Waals surface area contributed by atoms with Crippen LogP contribution in [0.15, 0.2) is 24.3 Å². The minimum atomic E-state index is -0.0887. The molecule has 1 aromatic rings. The number of benzene rings is 1. The van der Waals surface area contributed by atoms with Gasteiger partial charge in [0.1, 0.15) is 0 Å². The number of nitrogens with two attached hydrogens (primary N) is 1. The average molecular weight is 250 g/mol. The summed E-state index contributed by atoms with van der Waals surface area (Å²) in [6, 6.07) is 7.98. The van der Waals surface area contributed by atoms with E-state index in [2.05, 4.69) is 10.6 Å². The van der Waals surface area contributed by atoms with Gasteiger partial charge in [0.15, 0.2) is 0 Å². The standard InChI is InChI=1S/C13H22N4O/c1-10(14)8-15-12-6-4-11(5-7-12)9-16-13(18)17(2)3/h4-7,10,15H,8-9,14H2,1-3H3,(H,16,18). The second kappa shape index (κ2) is 6.86. The van der Waals surface area contributed by atoms with Gasteiger partial charge in [-0.2, -0.15) is 0 Å². The summed E-state index contributed by atoms with van der Waals surface area (Å²) in [5.41, 5.74) is 7.77. The van der Waals surface area contributed by atoms with Gasteiger partial charge in [-0.3, -0.25) is 0 Å². The number of urea groups is 1. The quantitative estimate of drug-likeness (QED) is 0.736. The van der Waals surface area contributed by atoms with Gasteiger partial charge in [-0.25, -0.2) is 4.79 Å². The highest BCUT2D eigenvalue weighted by atomic mass is 16.2. The molecule has 0 bridgehead atoms. The number of hydrogen-bond donors (Lipinski definition) is 3. The molecule has 1 rings (SSSR count). The third kappa shape index (κ3) is 5.05. The minimum absolute atomic E-state index is 0.0887. The van der Waals surface area contributed by atoms with Gasteiger partial charge in [0.05, 0.1) is 0 Å². The van der Waals surface area contributed by atoms with E-state index in [0.29, 0.717) is 6.54 Å². The van der Waals surface area contributed by atoms with E-state index in [4.69, 9.17) is 5.73 Å². The zero-order valence-corrected chi connectivity index (χ0v) is 11.2. The van der Waals surface area contributed by atoms with Crippen molar-refractivity contribution < 1.29 is 4.79 Å². The van der Waals surface area contributed by atoms with Crippen molar-refractivity contribution in [2.45, 2.75) is 19.5 Å². The maximum absolute atomic E-state index is 11.3. The summed E-state index contributed by atoms with van der Waals surface area (Å²) in [7, 11) is 3.44. The third-order valence-electron chi connectivity index (χ3n) is 2.43. The summed E-state index contributed by atoms with van der Waals surface area (Å²) < 4.78 is 0. The summed E-state index contributed by atoms with van der Waals surface area (Å²) in [5, 5.41) is 6.05. The molecule has 1 atom stereocenters. The summed E-state index contributed by atoms with van der Waals surface area (Å²) in [5.74, 6) is 0. The molecule has 4 N–H and O–H groups in total. The van der Waals surface area contributed by atoms with Crippen LogP contribution in [0.4, 0.5) is 10.5 Å². The zero-order chi connectivity index (χ0) is 13.5. The number of nitrogens with one attached hydrogen (secondary N) is 2. The van der Waals surface area contributed by atoms with Gasteiger partial charge < -0.3 is 21.3 Å². The first-order valence-electron chi connectivity index (χ1n) is 6.02. The molecular formula is C13H22N4O. The highest BCUT2D eigenvalue weighted by molar-refractivity contribution is 5.73. The predicted molar refractivity (Wildman–Crippen MR) is 74.5 cm³/mol. The van der Waals surface area contributed by atoms with Crippen LogP contribution in [0.2, 0.25) is 0 Å². The van der Waals surface area contributed by atoms with E-state index in [0.717, 1.165) is 17.8 Å². The fraction of sp³-hybridized carbons (Fsp3) is 0.462. The second-order valence-corrected chi connectivity index (χ2v) is 4.61. The molecule has 5 heteroatoms. The van der Waals surface area contributed by atoms with Crippen LogP contribution < -0.4 is 16.4 Å². The minimum Gasteiger partial charge on any atom is -0.383 e. The lowest BCUT2D eigenvalue weighted by Crippen LogP contribution is -2.33. The van der Waals surface area contributed by atoms with Crippen molar-refractivity contribution >= 4 is 11.7 Å². The van der Waals surface area contributed by atoms with Gasteiger partial charge >= 0.3 is 6.03 Å². The average Bonchev–Trinajstić information content (AvgIpc) is 2.34. The lowest BCUT2D eigenvalue weighted by molar-refractivity contribution is 0.217. The van der Waals surface area contributed by atoms with E-state index in [9.17, 15) is 4.79 Å². The molecule has 1 unspecified atom stereocenters. The van der Waals surface area contributed by atoms with E-state index in [1.807, 2.05) is 31.2 Å². The molecule has 0 aromatic heterocycles. The van der Waals surface area contributed by atoms with Crippen LogP contribution in [-0.4, -0.2) is 37.6 Å². The molecule has 0 radical (unpaired) electrons. The smallest absolute Gasteiger partial charge is 0.317 e. The molecule has 5 nitrogen and oxygen atoms in total. The monoisotopic (exact) mass is 250 g/mol. The normalized spacial score (nSPS) is 11.8. The van der Waals surface area contributed by atoms with Crippen molar-refractivity contribution in [2.24, 2.45) is 5.73 Å². The molecular weight excluding hydrogens is 228 g/mol. The molecule has 0 aliphatic heterocycles. The third-order valence-corrected chi connectivity index (χ3v) is 2.43. The maximum Gasteiger partial charge on any atom is 0.317 e. The van der Waals surface area contributed by atoms with Crippen molar-refractivity contribution in [3.63, 3.8) is 0 Å². The Morgan fingerprint density at radius 2 is 1.94 bits per heavy atom. The number of anilines is 1. The van der Waals surface area contributed by atoms with Gasteiger partial charge in [0.2, 0.25) is 0 Å². The van der Waals surface area contributed by atoms with Gasteiger partial charge in [-0.05, 0) is 24.6 Å². The van der Waals surface area contributed by atoms with E-state index >= 15 is 0 Å². The molecule has 100 valence electrons. The number of carbonyl (C=O) groups is 1. The Hall–Kier alpha value is -1.75. The highest BCUT2D eigenvalue weighted by Gasteiger charge is 2.02. The zero-order valence-electron chi connectivity index (χ0n) is 11.2. The number of amides is 2. The van der Waals surface area contributed by atoms with Crippen molar-refractivity contribution in [3.05, 3.63) is 29.8 Å². The summed E-state index contributed by atoms with van der Waals surface area (Å²) in [6.07, 6.45) is 0. The maximum atomic E-state index is 11.3. The number of hydrogen-bond acceptors (Lipinski definition) is 3. The Balaban J connectivity index is 2.43. The molecule has 0 saturated carbocycles. The van der Waals surface area contributed by atoms with Crippen LogP contribution in [0.5, 0.6) is 0 Å². The van der Waals surface area contributed by atoms with Gasteiger partial charge in [0, 0.05) is 38.9 Å². The highest BCUT2D eigenvalue weighted by Crippen LogP contribution is 2.09. The Morgan fingerprint density at radius 1 is 1.33 bits per heavy atom. The first-order valence-corrected chi connectivity index (χ1v) is 6.02. The van der Waals surface area contributed by atoms with Crippen LogP contribution in [0.1, 0.15) is 12.5 Å². The second-order valence-electron chi connectivity index (χ2n) is 4.61. The van der Waals surface area contributed by atoms with Crippen molar-refractivity contribution in [3.8, 4) is 0 Å². The van der Waals surface area contributed by atoms with E-state index in [1.54, 1.807) is 14.1 Å². The molecule has 0 spiro atoms. The molecule has 0 aliphatic carbocycles. The van der Waals surface area contributed by atoms with Crippen LogP contribution in [0.25, 0.3) is 0 Å². The molecule has 0 aliphatic rings. The Labute approximate surface area is 108 Å². The SMILES string of the molecule is CC(N)CNc1ccc(CNC(=O)N(C)C)cc1. The summed E-state index contributed by atoms with van der Waals surface area (Å²) in [4.78, 5) is 12.9. The Bertz CT molecular complexity index is 373. The Kier molecular flexibility index (Phi) is 5.45. The lowest BCUT2D eigenvalue weighted by atomic mass is 10.2. The van der Waals surface area contributed by atoms with Crippen LogP contribution >= 0.6 is 0 Å². The lowest BCUT2D eigenvalue weighted by Gasteiger charge is -2.12. The van der Waals surface area contributed by atoms with Gasteiger partial charge in [0.25, 0.3) is 0 Å². The number of rotatable bonds is 5. The van der Waals surface area contributed by atoms with E-state index in [1.165, 1.54) is 4.90 Å². The first kappa shape index (κ1) is 14.3.